The number of rotatable bonds is 1. The van der Waals surface area contributed by atoms with Gasteiger partial charge in [-0.3, -0.25) is 0 Å². The Balaban J connectivity index is 2.00. The maximum atomic E-state index is 6.20. The molecule has 1 nitrogen and oxygen atoms in total. The highest BCUT2D eigenvalue weighted by molar-refractivity contribution is 5.03. The highest BCUT2D eigenvalue weighted by Crippen LogP contribution is 2.55. The quantitative estimate of drug-likeness (QED) is 0.633. The van der Waals surface area contributed by atoms with Gasteiger partial charge in [0.25, 0.3) is 0 Å². The second-order valence-electron chi connectivity index (χ2n) is 4.65. The molecule has 0 unspecified atom stereocenters. The highest BCUT2D eigenvalue weighted by atomic mass is 14.7. The summed E-state index contributed by atoms with van der Waals surface area (Å²) in [5, 5.41) is 0. The van der Waals surface area contributed by atoms with Gasteiger partial charge in [-0.05, 0) is 43.6 Å². The van der Waals surface area contributed by atoms with Crippen molar-refractivity contribution in [2.24, 2.45) is 23.0 Å². The van der Waals surface area contributed by atoms with E-state index in [9.17, 15) is 0 Å². The Morgan fingerprint density at radius 3 is 2.75 bits per heavy atom. The van der Waals surface area contributed by atoms with E-state index in [1.165, 1.54) is 38.5 Å². The molecule has 2 saturated carbocycles. The Bertz CT molecular complexity index is 166. The van der Waals surface area contributed by atoms with Crippen LogP contribution in [0.15, 0.2) is 0 Å². The fourth-order valence-electron chi connectivity index (χ4n) is 3.10. The van der Waals surface area contributed by atoms with Gasteiger partial charge >= 0.3 is 0 Å². The average molecular weight is 165 g/mol. The van der Waals surface area contributed by atoms with Gasteiger partial charge in [0.15, 0.2) is 0 Å². The van der Waals surface area contributed by atoms with Crippen molar-refractivity contribution in [2.75, 3.05) is 6.54 Å². The lowest BCUT2D eigenvalue weighted by molar-refractivity contribution is -0.000994. The maximum absolute atomic E-state index is 6.20. The third-order valence-corrected chi connectivity index (χ3v) is 3.92. The SMILES string of the molecule is [CH][C@]1(CN)C[C@H]2CCCCC[C@H]21. The van der Waals surface area contributed by atoms with Crippen molar-refractivity contribution >= 4 is 0 Å². The van der Waals surface area contributed by atoms with E-state index in [1.54, 1.807) is 0 Å². The molecule has 0 aromatic carbocycles. The summed E-state index contributed by atoms with van der Waals surface area (Å²) in [6, 6.07) is 0. The average Bonchev–Trinajstić information content (AvgIpc) is 2.26. The zero-order valence-corrected chi connectivity index (χ0v) is 7.76. The topological polar surface area (TPSA) is 26.0 Å². The molecule has 0 amide bonds. The lowest BCUT2D eigenvalue weighted by Crippen LogP contribution is -2.50. The van der Waals surface area contributed by atoms with Crippen molar-refractivity contribution in [3.63, 3.8) is 0 Å². The van der Waals surface area contributed by atoms with Gasteiger partial charge < -0.3 is 5.73 Å². The van der Waals surface area contributed by atoms with Crippen LogP contribution in [0.1, 0.15) is 38.5 Å². The molecule has 1 heteroatoms. The van der Waals surface area contributed by atoms with E-state index < -0.39 is 0 Å². The summed E-state index contributed by atoms with van der Waals surface area (Å²) in [6.07, 6.45) is 8.13. The van der Waals surface area contributed by atoms with Crippen LogP contribution in [-0.2, 0) is 0 Å². The Morgan fingerprint density at radius 1 is 1.25 bits per heavy atom. The Morgan fingerprint density at radius 2 is 2.00 bits per heavy atom. The van der Waals surface area contributed by atoms with Gasteiger partial charge in [0.05, 0.1) is 0 Å². The third-order valence-electron chi connectivity index (χ3n) is 3.92. The van der Waals surface area contributed by atoms with Crippen molar-refractivity contribution in [3.05, 3.63) is 6.92 Å². The van der Waals surface area contributed by atoms with Gasteiger partial charge in [0, 0.05) is 0 Å². The summed E-state index contributed by atoms with van der Waals surface area (Å²) in [7, 11) is 0. The minimum atomic E-state index is 0.0228. The number of nitrogens with two attached hydrogens (primary N) is 1. The molecule has 0 aliphatic heterocycles. The summed E-state index contributed by atoms with van der Waals surface area (Å²) in [4.78, 5) is 0. The van der Waals surface area contributed by atoms with E-state index in [0.717, 1.165) is 11.8 Å². The van der Waals surface area contributed by atoms with Gasteiger partial charge in [-0.25, -0.2) is 0 Å². The van der Waals surface area contributed by atoms with Crippen LogP contribution in [-0.4, -0.2) is 6.54 Å². The maximum Gasteiger partial charge on any atom is -0.00148 e. The molecule has 2 aliphatic carbocycles. The summed E-state index contributed by atoms with van der Waals surface area (Å²) in [5.41, 5.74) is 5.72. The molecule has 0 bridgehead atoms. The van der Waals surface area contributed by atoms with Crippen molar-refractivity contribution in [1.82, 2.24) is 0 Å². The van der Waals surface area contributed by atoms with Crippen LogP contribution in [0.3, 0.4) is 0 Å². The van der Waals surface area contributed by atoms with Crippen LogP contribution in [0, 0.1) is 24.2 Å². The summed E-state index contributed by atoms with van der Waals surface area (Å²) >= 11 is 0. The molecule has 2 N–H and O–H groups in total. The second kappa shape index (κ2) is 3.02. The fourth-order valence-corrected chi connectivity index (χ4v) is 3.10. The largest absolute Gasteiger partial charge is 0.330 e. The van der Waals surface area contributed by atoms with Crippen LogP contribution >= 0.6 is 0 Å². The van der Waals surface area contributed by atoms with Crippen LogP contribution < -0.4 is 5.73 Å². The van der Waals surface area contributed by atoms with E-state index in [4.69, 9.17) is 12.7 Å². The van der Waals surface area contributed by atoms with Crippen molar-refractivity contribution in [3.8, 4) is 0 Å². The molecule has 12 heavy (non-hydrogen) atoms. The Hall–Kier alpha value is -0.0400. The molecule has 2 fully saturated rings. The third kappa shape index (κ3) is 1.19. The molecule has 0 spiro atoms. The van der Waals surface area contributed by atoms with E-state index in [2.05, 4.69) is 0 Å². The van der Waals surface area contributed by atoms with E-state index in [1.807, 2.05) is 0 Å². The molecule has 68 valence electrons. The smallest absolute Gasteiger partial charge is 0.00148 e. The Kier molecular flexibility index (Phi) is 2.16. The molecule has 2 aliphatic rings. The van der Waals surface area contributed by atoms with Crippen LogP contribution in [0.4, 0.5) is 0 Å². The molecule has 2 radical (unpaired) electrons. The monoisotopic (exact) mass is 165 g/mol. The molecular formula is C11H19N. The number of hydrogen-bond donors (Lipinski definition) is 1. The molecule has 0 aromatic heterocycles. The summed E-state index contributed by atoms with van der Waals surface area (Å²) < 4.78 is 0. The zero-order chi connectivity index (χ0) is 8.60. The minimum Gasteiger partial charge on any atom is -0.330 e. The molecule has 0 heterocycles. The lowest BCUT2D eigenvalue weighted by atomic mass is 9.53. The molecule has 0 saturated heterocycles. The predicted molar refractivity (Wildman–Crippen MR) is 50.5 cm³/mol. The summed E-state index contributed by atoms with van der Waals surface area (Å²) in [5.74, 6) is 1.67. The van der Waals surface area contributed by atoms with E-state index in [-0.39, 0.29) is 5.41 Å². The van der Waals surface area contributed by atoms with Crippen LogP contribution in [0.25, 0.3) is 0 Å². The van der Waals surface area contributed by atoms with Crippen molar-refractivity contribution < 1.29 is 0 Å². The fraction of sp³-hybridized carbons (Fsp3) is 0.909. The Labute approximate surface area is 75.7 Å². The molecular weight excluding hydrogens is 146 g/mol. The molecule has 3 atom stereocenters. The number of fused-ring (bicyclic) bond motifs is 1. The van der Waals surface area contributed by atoms with Crippen LogP contribution in [0.2, 0.25) is 0 Å². The predicted octanol–water partition coefficient (Wildman–Crippen LogP) is 2.24. The first kappa shape index (κ1) is 8.55. The first-order valence-corrected chi connectivity index (χ1v) is 5.25. The number of hydrogen-bond acceptors (Lipinski definition) is 1. The van der Waals surface area contributed by atoms with Crippen LogP contribution in [0.5, 0.6) is 0 Å². The van der Waals surface area contributed by atoms with Gasteiger partial charge in [-0.15, -0.1) is 0 Å². The summed E-state index contributed by atoms with van der Waals surface area (Å²) in [6.45, 7) is 6.89. The first-order chi connectivity index (χ1) is 5.76. The molecule has 2 rings (SSSR count). The highest BCUT2D eigenvalue weighted by Gasteiger charge is 2.49. The van der Waals surface area contributed by atoms with E-state index >= 15 is 0 Å². The van der Waals surface area contributed by atoms with Gasteiger partial charge in [-0.1, -0.05) is 25.7 Å². The standard InChI is InChI=1S/C11H19N/c1-11(8-12)7-9-5-3-2-4-6-10(9)11/h1,9-10H,2-8,12H2/t9-,10-,11-/m1/s1. The van der Waals surface area contributed by atoms with E-state index in [0.29, 0.717) is 6.54 Å². The molecule has 0 aromatic rings. The second-order valence-corrected chi connectivity index (χ2v) is 4.65. The lowest BCUT2D eigenvalue weighted by Gasteiger charge is -2.52. The zero-order valence-electron chi connectivity index (χ0n) is 7.76. The van der Waals surface area contributed by atoms with Gasteiger partial charge in [0.1, 0.15) is 0 Å². The normalized spacial score (nSPS) is 47.5. The first-order valence-electron chi connectivity index (χ1n) is 5.25. The minimum absolute atomic E-state index is 0.0228. The van der Waals surface area contributed by atoms with Crippen molar-refractivity contribution in [2.45, 2.75) is 38.5 Å². The van der Waals surface area contributed by atoms with Gasteiger partial charge in [0.2, 0.25) is 0 Å². The van der Waals surface area contributed by atoms with Gasteiger partial charge in [-0.2, -0.15) is 0 Å². The van der Waals surface area contributed by atoms with Crippen molar-refractivity contribution in [1.29, 1.82) is 0 Å².